The molecule has 28 heavy (non-hydrogen) atoms. The Hall–Kier alpha value is -2.03. The van der Waals surface area contributed by atoms with Crippen LogP contribution in [0.3, 0.4) is 0 Å². The number of primary amides is 1. The average molecular weight is 419 g/mol. The normalized spacial score (nSPS) is 21.6. The van der Waals surface area contributed by atoms with Gasteiger partial charge in [-0.2, -0.15) is 13.2 Å². The number of piperidine rings is 2. The first-order chi connectivity index (χ1) is 13.2. The lowest BCUT2D eigenvalue weighted by molar-refractivity contribution is -0.145. The number of hydrogen-bond donors (Lipinski definition) is 1. The lowest BCUT2D eigenvalue weighted by Crippen LogP contribution is -2.53. The Labute approximate surface area is 165 Å². The van der Waals surface area contributed by atoms with Crippen molar-refractivity contribution in [3.8, 4) is 0 Å². The molecular formula is C18H22ClF3N4O2. The fraction of sp³-hybridized carbons (Fsp3) is 0.611. The number of carbonyl (C=O) groups is 2. The van der Waals surface area contributed by atoms with Crippen molar-refractivity contribution in [2.75, 3.05) is 24.5 Å². The van der Waals surface area contributed by atoms with Crippen LogP contribution >= 0.6 is 11.6 Å². The van der Waals surface area contributed by atoms with E-state index in [1.165, 1.54) is 0 Å². The lowest BCUT2D eigenvalue weighted by atomic mass is 9.92. The number of aromatic nitrogens is 1. The molecule has 2 fully saturated rings. The molecule has 6 nitrogen and oxygen atoms in total. The number of nitrogens with zero attached hydrogens (tertiary/aromatic N) is 3. The summed E-state index contributed by atoms with van der Waals surface area (Å²) in [6.07, 6.45) is -0.401. The van der Waals surface area contributed by atoms with E-state index in [1.807, 2.05) is 0 Å². The highest BCUT2D eigenvalue weighted by molar-refractivity contribution is 6.33. The fourth-order valence-corrected chi connectivity index (χ4v) is 4.17. The van der Waals surface area contributed by atoms with Gasteiger partial charge in [-0.15, -0.1) is 0 Å². The van der Waals surface area contributed by atoms with E-state index in [-0.39, 0.29) is 22.7 Å². The van der Waals surface area contributed by atoms with E-state index in [0.29, 0.717) is 38.9 Å². The Bertz CT molecular complexity index is 751. The number of nitrogens with two attached hydrogens (primary N) is 1. The number of carbonyl (C=O) groups excluding carboxylic acids is 2. The van der Waals surface area contributed by atoms with Gasteiger partial charge in [0, 0.05) is 31.7 Å². The second-order valence-corrected chi connectivity index (χ2v) is 7.64. The number of rotatable bonds is 3. The molecule has 2 aliphatic rings. The molecule has 0 aromatic carbocycles. The van der Waals surface area contributed by atoms with Gasteiger partial charge in [0.15, 0.2) is 0 Å². The van der Waals surface area contributed by atoms with E-state index in [9.17, 15) is 22.8 Å². The minimum absolute atomic E-state index is 0.0653. The molecule has 1 unspecified atom stereocenters. The molecule has 1 aromatic heterocycles. The van der Waals surface area contributed by atoms with Crippen molar-refractivity contribution < 1.29 is 22.8 Å². The van der Waals surface area contributed by atoms with Gasteiger partial charge in [0.1, 0.15) is 11.9 Å². The van der Waals surface area contributed by atoms with Gasteiger partial charge in [0.05, 0.1) is 10.6 Å². The summed E-state index contributed by atoms with van der Waals surface area (Å²) in [6, 6.07) is 0.317. The van der Waals surface area contributed by atoms with Gasteiger partial charge in [-0.05, 0) is 38.2 Å². The topological polar surface area (TPSA) is 79.5 Å². The van der Waals surface area contributed by atoms with Gasteiger partial charge in [-0.1, -0.05) is 11.6 Å². The Morgan fingerprint density at radius 2 is 1.82 bits per heavy atom. The number of pyridine rings is 1. The zero-order chi connectivity index (χ0) is 20.5. The van der Waals surface area contributed by atoms with E-state index in [0.717, 1.165) is 25.1 Å². The first-order valence-electron chi connectivity index (χ1n) is 9.26. The van der Waals surface area contributed by atoms with Crippen LogP contribution in [-0.2, 0) is 15.8 Å². The van der Waals surface area contributed by atoms with E-state index < -0.39 is 23.7 Å². The van der Waals surface area contributed by atoms with Gasteiger partial charge in [-0.25, -0.2) is 4.98 Å². The molecule has 0 saturated carbocycles. The predicted octanol–water partition coefficient (Wildman–Crippen LogP) is 2.84. The highest BCUT2D eigenvalue weighted by atomic mass is 35.5. The van der Waals surface area contributed by atoms with E-state index in [1.54, 1.807) is 9.80 Å². The summed E-state index contributed by atoms with van der Waals surface area (Å²) in [7, 11) is 0. The highest BCUT2D eigenvalue weighted by Gasteiger charge is 2.36. The molecule has 1 atom stereocenters. The average Bonchev–Trinajstić information content (AvgIpc) is 2.67. The first kappa shape index (κ1) is 20.7. The molecule has 154 valence electrons. The van der Waals surface area contributed by atoms with Crippen LogP contribution in [0.4, 0.5) is 19.0 Å². The molecule has 2 saturated heterocycles. The monoisotopic (exact) mass is 418 g/mol. The summed E-state index contributed by atoms with van der Waals surface area (Å²) in [5.74, 6) is -0.515. The Balaban J connectivity index is 1.64. The maximum atomic E-state index is 12.9. The van der Waals surface area contributed by atoms with Crippen molar-refractivity contribution >= 4 is 29.2 Å². The third-order valence-corrected chi connectivity index (χ3v) is 5.69. The molecule has 2 aliphatic heterocycles. The van der Waals surface area contributed by atoms with E-state index >= 15 is 0 Å². The predicted molar refractivity (Wildman–Crippen MR) is 97.7 cm³/mol. The molecular weight excluding hydrogens is 397 g/mol. The van der Waals surface area contributed by atoms with Gasteiger partial charge in [-0.3, -0.25) is 9.59 Å². The number of halogens is 4. The molecule has 2 amide bonds. The summed E-state index contributed by atoms with van der Waals surface area (Å²) in [4.78, 5) is 31.8. The Kier molecular flexibility index (Phi) is 6.02. The third-order valence-electron chi connectivity index (χ3n) is 5.41. The number of alkyl halides is 3. The maximum absolute atomic E-state index is 12.9. The molecule has 0 radical (unpaired) electrons. The number of hydrogen-bond acceptors (Lipinski definition) is 4. The second kappa shape index (κ2) is 8.14. The maximum Gasteiger partial charge on any atom is 0.417 e. The summed E-state index contributed by atoms with van der Waals surface area (Å²) >= 11 is 6.01. The van der Waals surface area contributed by atoms with Crippen LogP contribution in [0, 0.1) is 5.92 Å². The number of amides is 2. The van der Waals surface area contributed by atoms with Crippen molar-refractivity contribution in [3.63, 3.8) is 0 Å². The molecule has 1 aromatic rings. The standard InChI is InChI=1S/C18H22ClF3N4O2/c19-13-9-12(18(20,21)22)10-24-16(13)25-7-4-11(5-8-25)17(28)26-6-2-1-3-14(26)15(23)27/h9-11,14H,1-8H2,(H2,23,27). The fourth-order valence-electron chi connectivity index (χ4n) is 3.88. The molecule has 2 N–H and O–H groups in total. The minimum Gasteiger partial charge on any atom is -0.368 e. The highest BCUT2D eigenvalue weighted by Crippen LogP contribution is 2.35. The molecule has 3 rings (SSSR count). The van der Waals surface area contributed by atoms with E-state index in [2.05, 4.69) is 4.98 Å². The zero-order valence-corrected chi connectivity index (χ0v) is 16.0. The summed E-state index contributed by atoms with van der Waals surface area (Å²) in [5, 5.41) is -0.0653. The van der Waals surface area contributed by atoms with Crippen molar-refractivity contribution in [3.05, 3.63) is 22.8 Å². The van der Waals surface area contributed by atoms with Crippen molar-refractivity contribution in [1.29, 1.82) is 0 Å². The van der Waals surface area contributed by atoms with Crippen LogP contribution in [0.15, 0.2) is 12.3 Å². The summed E-state index contributed by atoms with van der Waals surface area (Å²) in [6.45, 7) is 1.42. The molecule has 3 heterocycles. The number of likely N-dealkylation sites (tertiary alicyclic amines) is 1. The van der Waals surface area contributed by atoms with Crippen LogP contribution < -0.4 is 10.6 Å². The van der Waals surface area contributed by atoms with Crippen LogP contribution in [0.1, 0.15) is 37.7 Å². The second-order valence-electron chi connectivity index (χ2n) is 7.23. The minimum atomic E-state index is -4.50. The van der Waals surface area contributed by atoms with Crippen molar-refractivity contribution in [2.45, 2.75) is 44.3 Å². The van der Waals surface area contributed by atoms with Crippen LogP contribution in [0.25, 0.3) is 0 Å². The first-order valence-corrected chi connectivity index (χ1v) is 9.63. The van der Waals surface area contributed by atoms with Crippen LogP contribution in [0.2, 0.25) is 5.02 Å². The van der Waals surface area contributed by atoms with Crippen LogP contribution in [0.5, 0.6) is 0 Å². The molecule has 10 heteroatoms. The van der Waals surface area contributed by atoms with Gasteiger partial charge >= 0.3 is 6.18 Å². The zero-order valence-electron chi connectivity index (χ0n) is 15.2. The third kappa shape index (κ3) is 4.34. The van der Waals surface area contributed by atoms with E-state index in [4.69, 9.17) is 17.3 Å². The molecule has 0 aliphatic carbocycles. The summed E-state index contributed by atoms with van der Waals surface area (Å²) < 4.78 is 38.3. The van der Waals surface area contributed by atoms with Gasteiger partial charge < -0.3 is 15.5 Å². The smallest absolute Gasteiger partial charge is 0.368 e. The van der Waals surface area contributed by atoms with Gasteiger partial charge in [0.2, 0.25) is 11.8 Å². The molecule has 0 bridgehead atoms. The van der Waals surface area contributed by atoms with Crippen LogP contribution in [-0.4, -0.2) is 47.4 Å². The largest absolute Gasteiger partial charge is 0.417 e. The number of anilines is 1. The SMILES string of the molecule is NC(=O)C1CCCCN1C(=O)C1CCN(c2ncc(C(F)(F)F)cc2Cl)CC1. The van der Waals surface area contributed by atoms with Crippen molar-refractivity contribution in [2.24, 2.45) is 11.7 Å². The lowest BCUT2D eigenvalue weighted by Gasteiger charge is -2.39. The summed E-state index contributed by atoms with van der Waals surface area (Å²) in [5.41, 5.74) is 4.54. The quantitative estimate of drug-likeness (QED) is 0.818. The van der Waals surface area contributed by atoms with Crippen molar-refractivity contribution in [1.82, 2.24) is 9.88 Å². The Morgan fingerprint density at radius 1 is 1.14 bits per heavy atom. The Morgan fingerprint density at radius 3 is 2.39 bits per heavy atom. The molecule has 0 spiro atoms. The van der Waals surface area contributed by atoms with Gasteiger partial charge in [0.25, 0.3) is 0 Å².